The number of aromatic nitrogens is 3. The van der Waals surface area contributed by atoms with Crippen molar-refractivity contribution in [1.82, 2.24) is 19.2 Å². The highest BCUT2D eigenvalue weighted by Gasteiger charge is 2.36. The van der Waals surface area contributed by atoms with Crippen LogP contribution in [0.1, 0.15) is 42.4 Å². The average molecular weight is 548 g/mol. The number of para-hydroxylation sites is 1. The summed E-state index contributed by atoms with van der Waals surface area (Å²) in [6, 6.07) is 29.0. The van der Waals surface area contributed by atoms with Gasteiger partial charge in [0.15, 0.2) is 0 Å². The maximum atomic E-state index is 14.2. The summed E-state index contributed by atoms with van der Waals surface area (Å²) in [4.78, 5) is 16.0. The third-order valence-corrected chi connectivity index (χ3v) is 7.25. The molecule has 0 bridgehead atoms. The standard InChI is InChI=1S/C33H33N5O3/c1-4-40-27-18-16-25(17-19-27)34-33(39)37-22-29-23(3)35-38(26-12-7-6-8-13-26)32(29)36-20-10-15-30(36)31(37)24-11-9-14-28(21-24)41-5-2/h6-21,31H,4-5,22H2,1-3H3,(H,34,39)/t31-/m1/s1. The number of nitrogens with one attached hydrogen (secondary N) is 1. The lowest BCUT2D eigenvalue weighted by Gasteiger charge is -2.31. The van der Waals surface area contributed by atoms with Crippen LogP contribution in [0.25, 0.3) is 11.5 Å². The van der Waals surface area contributed by atoms with Gasteiger partial charge in [0, 0.05) is 17.4 Å². The van der Waals surface area contributed by atoms with E-state index in [0.717, 1.165) is 45.5 Å². The number of carbonyl (C=O) groups is 1. The minimum atomic E-state index is -0.385. The lowest BCUT2D eigenvalue weighted by molar-refractivity contribution is 0.194. The molecule has 1 N–H and O–H groups in total. The van der Waals surface area contributed by atoms with Gasteiger partial charge in [0.2, 0.25) is 0 Å². The maximum Gasteiger partial charge on any atom is 0.322 e. The van der Waals surface area contributed by atoms with Crippen LogP contribution in [0.4, 0.5) is 10.5 Å². The largest absolute Gasteiger partial charge is 0.494 e. The fraction of sp³-hybridized carbons (Fsp3) is 0.212. The molecule has 6 rings (SSSR count). The molecule has 0 unspecified atom stereocenters. The Balaban J connectivity index is 1.48. The number of aryl methyl sites for hydroxylation is 1. The number of amides is 2. The van der Waals surface area contributed by atoms with E-state index in [1.165, 1.54) is 0 Å². The Labute approximate surface area is 239 Å². The van der Waals surface area contributed by atoms with Crippen molar-refractivity contribution in [2.24, 2.45) is 0 Å². The van der Waals surface area contributed by atoms with E-state index in [1.54, 1.807) is 0 Å². The molecule has 208 valence electrons. The van der Waals surface area contributed by atoms with Gasteiger partial charge in [0.05, 0.1) is 42.9 Å². The molecule has 5 aromatic rings. The van der Waals surface area contributed by atoms with Crippen LogP contribution in [-0.4, -0.2) is 38.5 Å². The van der Waals surface area contributed by atoms with E-state index >= 15 is 0 Å². The minimum absolute atomic E-state index is 0.214. The van der Waals surface area contributed by atoms with Crippen LogP contribution >= 0.6 is 0 Å². The van der Waals surface area contributed by atoms with Crippen molar-refractivity contribution in [3.05, 3.63) is 120 Å². The molecule has 8 heteroatoms. The normalized spacial score (nSPS) is 14.1. The SMILES string of the molecule is CCOc1ccc(NC(=O)N2Cc3c(C)nn(-c4ccccc4)c3-n3cccc3[C@H]2c2cccc(OCC)c2)cc1. The van der Waals surface area contributed by atoms with Crippen molar-refractivity contribution in [2.75, 3.05) is 18.5 Å². The van der Waals surface area contributed by atoms with Gasteiger partial charge in [0.1, 0.15) is 17.3 Å². The summed E-state index contributed by atoms with van der Waals surface area (Å²) < 4.78 is 15.6. The van der Waals surface area contributed by atoms with Gasteiger partial charge in [-0.1, -0.05) is 30.3 Å². The number of hydrogen-bond donors (Lipinski definition) is 1. The van der Waals surface area contributed by atoms with Gasteiger partial charge in [-0.3, -0.25) is 0 Å². The predicted molar refractivity (Wildman–Crippen MR) is 159 cm³/mol. The Kier molecular flexibility index (Phi) is 7.20. The number of anilines is 1. The molecule has 2 aromatic heterocycles. The van der Waals surface area contributed by atoms with Gasteiger partial charge >= 0.3 is 6.03 Å². The second-order valence-electron chi connectivity index (χ2n) is 9.86. The van der Waals surface area contributed by atoms with Crippen molar-refractivity contribution < 1.29 is 14.3 Å². The fourth-order valence-electron chi connectivity index (χ4n) is 5.44. The lowest BCUT2D eigenvalue weighted by atomic mass is 10.0. The smallest absolute Gasteiger partial charge is 0.322 e. The van der Waals surface area contributed by atoms with Crippen LogP contribution in [0, 0.1) is 6.92 Å². The summed E-state index contributed by atoms with van der Waals surface area (Å²) in [7, 11) is 0. The van der Waals surface area contributed by atoms with Gasteiger partial charge in [-0.15, -0.1) is 0 Å². The number of nitrogens with zero attached hydrogens (tertiary/aromatic N) is 4. The van der Waals surface area contributed by atoms with E-state index in [4.69, 9.17) is 14.6 Å². The fourth-order valence-corrected chi connectivity index (χ4v) is 5.44. The number of carbonyl (C=O) groups excluding carboxylic acids is 1. The Morgan fingerprint density at radius 3 is 2.41 bits per heavy atom. The van der Waals surface area contributed by atoms with Crippen molar-refractivity contribution in [3.8, 4) is 23.0 Å². The van der Waals surface area contributed by atoms with Gasteiger partial charge in [0.25, 0.3) is 0 Å². The van der Waals surface area contributed by atoms with Crippen molar-refractivity contribution in [1.29, 1.82) is 0 Å². The van der Waals surface area contributed by atoms with Gasteiger partial charge in [-0.25, -0.2) is 9.48 Å². The summed E-state index contributed by atoms with van der Waals surface area (Å²) in [5.41, 5.74) is 5.41. The predicted octanol–water partition coefficient (Wildman–Crippen LogP) is 6.91. The van der Waals surface area contributed by atoms with Crippen molar-refractivity contribution in [2.45, 2.75) is 33.4 Å². The van der Waals surface area contributed by atoms with Gasteiger partial charge in [-0.2, -0.15) is 5.10 Å². The number of benzene rings is 3. The van der Waals surface area contributed by atoms with Crippen LogP contribution in [0.5, 0.6) is 11.5 Å². The zero-order valence-electron chi connectivity index (χ0n) is 23.4. The number of urea groups is 1. The van der Waals surface area contributed by atoms with Crippen molar-refractivity contribution in [3.63, 3.8) is 0 Å². The highest BCUT2D eigenvalue weighted by molar-refractivity contribution is 5.90. The maximum absolute atomic E-state index is 14.2. The Hall–Kier alpha value is -4.98. The molecule has 1 aliphatic rings. The first-order chi connectivity index (χ1) is 20.1. The first-order valence-electron chi connectivity index (χ1n) is 13.9. The number of rotatable bonds is 7. The zero-order valence-corrected chi connectivity index (χ0v) is 23.4. The summed E-state index contributed by atoms with van der Waals surface area (Å²) in [5.74, 6) is 2.46. The molecule has 0 saturated heterocycles. The van der Waals surface area contributed by atoms with E-state index < -0.39 is 0 Å². The van der Waals surface area contributed by atoms with Gasteiger partial charge < -0.3 is 24.3 Å². The topological polar surface area (TPSA) is 73.5 Å². The number of ether oxygens (including phenoxy) is 2. The van der Waals surface area contributed by atoms with Crippen LogP contribution < -0.4 is 14.8 Å². The van der Waals surface area contributed by atoms with E-state index in [1.807, 2.05) is 121 Å². The van der Waals surface area contributed by atoms with E-state index in [-0.39, 0.29) is 12.1 Å². The number of hydrogen-bond acceptors (Lipinski definition) is 4. The monoisotopic (exact) mass is 547 g/mol. The lowest BCUT2D eigenvalue weighted by Crippen LogP contribution is -2.38. The molecule has 3 heterocycles. The van der Waals surface area contributed by atoms with Crippen LogP contribution in [0.15, 0.2) is 97.2 Å². The summed E-state index contributed by atoms with van der Waals surface area (Å²) in [6.45, 7) is 7.42. The third-order valence-electron chi connectivity index (χ3n) is 7.25. The second-order valence-corrected chi connectivity index (χ2v) is 9.86. The molecule has 0 fully saturated rings. The molecule has 41 heavy (non-hydrogen) atoms. The molecule has 3 aromatic carbocycles. The van der Waals surface area contributed by atoms with Crippen LogP contribution in [-0.2, 0) is 6.54 Å². The quantitative estimate of drug-likeness (QED) is 0.240. The summed E-state index contributed by atoms with van der Waals surface area (Å²) >= 11 is 0. The van der Waals surface area contributed by atoms with E-state index in [0.29, 0.717) is 25.4 Å². The Morgan fingerprint density at radius 1 is 0.902 bits per heavy atom. The average Bonchev–Trinajstić information content (AvgIpc) is 3.55. The Bertz CT molecular complexity index is 1660. The molecule has 1 atom stereocenters. The molecule has 0 radical (unpaired) electrons. The van der Waals surface area contributed by atoms with E-state index in [9.17, 15) is 4.79 Å². The molecule has 1 aliphatic heterocycles. The molecular formula is C33H33N5O3. The molecule has 8 nitrogen and oxygen atoms in total. The zero-order chi connectivity index (χ0) is 28.3. The summed E-state index contributed by atoms with van der Waals surface area (Å²) in [5, 5.41) is 8.05. The third kappa shape index (κ3) is 5.04. The Morgan fingerprint density at radius 2 is 1.66 bits per heavy atom. The highest BCUT2D eigenvalue weighted by Crippen LogP contribution is 2.39. The molecule has 0 aliphatic carbocycles. The first-order valence-corrected chi connectivity index (χ1v) is 13.9. The van der Waals surface area contributed by atoms with Crippen molar-refractivity contribution >= 4 is 11.7 Å². The highest BCUT2D eigenvalue weighted by atomic mass is 16.5. The number of fused-ring (bicyclic) bond motifs is 3. The second kappa shape index (κ2) is 11.3. The molecule has 2 amide bonds. The molecule has 0 spiro atoms. The van der Waals surface area contributed by atoms with Gasteiger partial charge in [-0.05, 0) is 87.0 Å². The van der Waals surface area contributed by atoms with E-state index in [2.05, 4.69) is 16.0 Å². The summed E-state index contributed by atoms with van der Waals surface area (Å²) in [6.07, 6.45) is 2.04. The van der Waals surface area contributed by atoms with Crippen LogP contribution in [0.2, 0.25) is 0 Å². The minimum Gasteiger partial charge on any atom is -0.494 e. The molecular weight excluding hydrogens is 514 g/mol. The molecule has 0 saturated carbocycles. The van der Waals surface area contributed by atoms with Crippen LogP contribution in [0.3, 0.4) is 0 Å². The first kappa shape index (κ1) is 26.3.